The molecule has 1 aliphatic carbocycles. The van der Waals surface area contributed by atoms with Gasteiger partial charge in [-0.3, -0.25) is 0 Å². The summed E-state index contributed by atoms with van der Waals surface area (Å²) in [6.45, 7) is 1.98. The van der Waals surface area contributed by atoms with E-state index < -0.39 is 0 Å². The van der Waals surface area contributed by atoms with Crippen LogP contribution in [0.25, 0.3) is 4.83 Å². The van der Waals surface area contributed by atoms with Crippen LogP contribution in [0.1, 0.15) is 29.1 Å². The van der Waals surface area contributed by atoms with Crippen LogP contribution >= 0.6 is 11.3 Å². The fourth-order valence-electron chi connectivity index (χ4n) is 2.11. The van der Waals surface area contributed by atoms with Crippen LogP contribution in [0.3, 0.4) is 0 Å². The summed E-state index contributed by atoms with van der Waals surface area (Å²) in [5.74, 6) is 0. The number of nitrogens with zero attached hydrogens (tertiary/aromatic N) is 2. The van der Waals surface area contributed by atoms with Crippen LogP contribution in [0.15, 0.2) is 0 Å². The van der Waals surface area contributed by atoms with Gasteiger partial charge < -0.3 is 5.73 Å². The molecule has 0 bridgehead atoms. The first-order valence-corrected chi connectivity index (χ1v) is 5.84. The quantitative estimate of drug-likeness (QED) is 0.719. The number of nitrogens with two attached hydrogens (primary N) is 1. The summed E-state index contributed by atoms with van der Waals surface area (Å²) in [6.07, 6.45) is 4.98. The Labute approximate surface area is 86.5 Å². The maximum atomic E-state index is 5.98. The van der Waals surface area contributed by atoms with Crippen LogP contribution in [-0.2, 0) is 12.8 Å². The van der Waals surface area contributed by atoms with Crippen molar-refractivity contribution in [3.63, 3.8) is 0 Å². The van der Waals surface area contributed by atoms with Crippen molar-refractivity contribution >= 4 is 21.9 Å². The number of nitrogen functional groups attached to an aromatic ring is 1. The van der Waals surface area contributed by atoms with Crippen LogP contribution in [0, 0.1) is 6.92 Å². The average molecular weight is 207 g/mol. The molecule has 0 spiro atoms. The molecule has 2 aromatic heterocycles. The van der Waals surface area contributed by atoms with E-state index in [1.807, 2.05) is 18.3 Å². The number of aromatic nitrogens is 2. The van der Waals surface area contributed by atoms with Gasteiger partial charge in [-0.05, 0) is 32.6 Å². The molecule has 3 nitrogen and oxygen atoms in total. The summed E-state index contributed by atoms with van der Waals surface area (Å²) in [7, 11) is 0. The van der Waals surface area contributed by atoms with E-state index in [0.29, 0.717) is 0 Å². The molecule has 0 radical (unpaired) electrons. The van der Waals surface area contributed by atoms with Gasteiger partial charge in [0.1, 0.15) is 4.83 Å². The lowest BCUT2D eigenvalue weighted by Crippen LogP contribution is -2.03. The second-order valence-electron chi connectivity index (χ2n) is 3.90. The van der Waals surface area contributed by atoms with Gasteiger partial charge >= 0.3 is 0 Å². The van der Waals surface area contributed by atoms with E-state index in [0.717, 1.165) is 22.6 Å². The zero-order chi connectivity index (χ0) is 9.71. The van der Waals surface area contributed by atoms with Crippen LogP contribution in [0.2, 0.25) is 0 Å². The van der Waals surface area contributed by atoms with Crippen LogP contribution < -0.4 is 5.73 Å². The first-order chi connectivity index (χ1) is 6.77. The lowest BCUT2D eigenvalue weighted by Gasteiger charge is -2.09. The fraction of sp³-hybridized carbons (Fsp3) is 0.500. The monoisotopic (exact) mass is 207 g/mol. The van der Waals surface area contributed by atoms with Crippen molar-refractivity contribution in [3.05, 3.63) is 16.3 Å². The summed E-state index contributed by atoms with van der Waals surface area (Å²) >= 11 is 1.82. The number of rotatable bonds is 0. The summed E-state index contributed by atoms with van der Waals surface area (Å²) < 4.78 is 2.06. The van der Waals surface area contributed by atoms with Gasteiger partial charge in [0.2, 0.25) is 0 Å². The zero-order valence-corrected chi connectivity index (χ0v) is 9.02. The molecular formula is C10H13N3S. The van der Waals surface area contributed by atoms with Gasteiger partial charge in [-0.1, -0.05) is 0 Å². The average Bonchev–Trinajstić information content (AvgIpc) is 2.67. The molecule has 1 aliphatic rings. The highest BCUT2D eigenvalue weighted by molar-refractivity contribution is 7.18. The highest BCUT2D eigenvalue weighted by Gasteiger charge is 2.19. The number of anilines is 1. The van der Waals surface area contributed by atoms with Crippen LogP contribution in [0.5, 0.6) is 0 Å². The Morgan fingerprint density at radius 1 is 1.36 bits per heavy atom. The zero-order valence-electron chi connectivity index (χ0n) is 8.21. The van der Waals surface area contributed by atoms with Gasteiger partial charge in [0.25, 0.3) is 0 Å². The third kappa shape index (κ3) is 0.945. The molecule has 0 aliphatic heterocycles. The number of aryl methyl sites for hydroxylation is 3. The molecule has 2 N–H and O–H groups in total. The van der Waals surface area contributed by atoms with Crippen molar-refractivity contribution in [1.29, 1.82) is 0 Å². The number of hydrogen-bond acceptors (Lipinski definition) is 3. The minimum atomic E-state index is 0.865. The van der Waals surface area contributed by atoms with Gasteiger partial charge in [0.05, 0.1) is 17.1 Å². The number of thiazole rings is 1. The van der Waals surface area contributed by atoms with Crippen molar-refractivity contribution in [2.24, 2.45) is 0 Å². The Kier molecular flexibility index (Phi) is 1.62. The maximum absolute atomic E-state index is 5.98. The van der Waals surface area contributed by atoms with E-state index in [1.54, 1.807) is 0 Å². The number of fused-ring (bicyclic) bond motifs is 3. The standard InChI is InChI=1S/C10H13N3S/c1-6-9(11)10-13(12-6)7-4-2-3-5-8(7)14-10/h2-5,11H2,1H3. The third-order valence-corrected chi connectivity index (χ3v) is 4.20. The van der Waals surface area contributed by atoms with Crippen LogP contribution in [-0.4, -0.2) is 9.61 Å². The first-order valence-electron chi connectivity index (χ1n) is 5.02. The first kappa shape index (κ1) is 8.29. The molecule has 74 valence electrons. The van der Waals surface area contributed by atoms with Crippen molar-refractivity contribution in [2.45, 2.75) is 32.6 Å². The lowest BCUT2D eigenvalue weighted by atomic mass is 10.0. The molecule has 14 heavy (non-hydrogen) atoms. The Hall–Kier alpha value is -1.03. The second-order valence-corrected chi connectivity index (χ2v) is 4.98. The maximum Gasteiger partial charge on any atom is 0.143 e. The molecule has 4 heteroatoms. The molecule has 0 unspecified atom stereocenters. The van der Waals surface area contributed by atoms with Gasteiger partial charge in [0, 0.05) is 4.88 Å². The normalized spacial score (nSPS) is 16.1. The van der Waals surface area contributed by atoms with Crippen molar-refractivity contribution in [2.75, 3.05) is 5.73 Å². The molecule has 3 rings (SSSR count). The third-order valence-electron chi connectivity index (χ3n) is 2.93. The smallest absolute Gasteiger partial charge is 0.143 e. The topological polar surface area (TPSA) is 43.3 Å². The SMILES string of the molecule is Cc1nn2c3c(sc2c1N)CCCC3. The van der Waals surface area contributed by atoms with Gasteiger partial charge in [-0.25, -0.2) is 4.52 Å². The Balaban J connectivity index is 2.34. The molecule has 0 saturated heterocycles. The van der Waals surface area contributed by atoms with E-state index in [2.05, 4.69) is 9.61 Å². The molecule has 2 aromatic rings. The molecular weight excluding hydrogens is 194 g/mol. The molecule has 0 fully saturated rings. The summed E-state index contributed by atoms with van der Waals surface area (Å²) in [5.41, 5.74) is 9.20. The molecule has 0 saturated carbocycles. The predicted octanol–water partition coefficient (Wildman–Crippen LogP) is 2.17. The van der Waals surface area contributed by atoms with E-state index in [9.17, 15) is 0 Å². The minimum absolute atomic E-state index is 0.865. The minimum Gasteiger partial charge on any atom is -0.395 e. The number of hydrogen-bond donors (Lipinski definition) is 1. The summed E-state index contributed by atoms with van der Waals surface area (Å²) in [4.78, 5) is 2.64. The van der Waals surface area contributed by atoms with E-state index in [1.165, 1.54) is 29.8 Å². The highest BCUT2D eigenvalue weighted by Crippen LogP contribution is 2.33. The van der Waals surface area contributed by atoms with Crippen LogP contribution in [0.4, 0.5) is 5.69 Å². The second kappa shape index (κ2) is 2.73. The van der Waals surface area contributed by atoms with Crippen molar-refractivity contribution in [3.8, 4) is 0 Å². The van der Waals surface area contributed by atoms with E-state index >= 15 is 0 Å². The highest BCUT2D eigenvalue weighted by atomic mass is 32.1. The Morgan fingerprint density at radius 3 is 3.00 bits per heavy atom. The van der Waals surface area contributed by atoms with Gasteiger partial charge in [-0.2, -0.15) is 5.10 Å². The van der Waals surface area contributed by atoms with Gasteiger partial charge in [-0.15, -0.1) is 11.3 Å². The van der Waals surface area contributed by atoms with Gasteiger partial charge in [0.15, 0.2) is 0 Å². The Morgan fingerprint density at radius 2 is 2.14 bits per heavy atom. The summed E-state index contributed by atoms with van der Waals surface area (Å²) in [6, 6.07) is 0. The molecule has 0 atom stereocenters. The van der Waals surface area contributed by atoms with E-state index in [4.69, 9.17) is 5.73 Å². The largest absolute Gasteiger partial charge is 0.395 e. The lowest BCUT2D eigenvalue weighted by molar-refractivity contribution is 0.660. The summed E-state index contributed by atoms with van der Waals surface area (Å²) in [5, 5.41) is 4.49. The molecule has 2 heterocycles. The Bertz CT molecular complexity index is 495. The van der Waals surface area contributed by atoms with Crippen molar-refractivity contribution in [1.82, 2.24) is 9.61 Å². The van der Waals surface area contributed by atoms with Crippen molar-refractivity contribution < 1.29 is 0 Å². The predicted molar refractivity (Wildman–Crippen MR) is 58.9 cm³/mol. The molecule has 0 aromatic carbocycles. The van der Waals surface area contributed by atoms with E-state index in [-0.39, 0.29) is 0 Å². The molecule has 0 amide bonds. The fourth-order valence-corrected chi connectivity index (χ4v) is 3.39.